The minimum atomic E-state index is -3.55. The van der Waals surface area contributed by atoms with Crippen LogP contribution in [0.3, 0.4) is 0 Å². The Morgan fingerprint density at radius 1 is 1.14 bits per heavy atom. The van der Waals surface area contributed by atoms with Crippen LogP contribution in [-0.4, -0.2) is 19.6 Å². The summed E-state index contributed by atoms with van der Waals surface area (Å²) in [6, 6.07) is 8.48. The first-order chi connectivity index (χ1) is 10.2. The molecule has 0 amide bonds. The smallest absolute Gasteiger partial charge is 0.312 e. The van der Waals surface area contributed by atoms with Crippen molar-refractivity contribution in [1.29, 1.82) is 0 Å². The van der Waals surface area contributed by atoms with Crippen LogP contribution >= 0.6 is 11.6 Å². The Morgan fingerprint density at radius 2 is 1.82 bits per heavy atom. The number of nitrogens with zero attached hydrogens (tertiary/aromatic N) is 1. The summed E-state index contributed by atoms with van der Waals surface area (Å²) in [5.74, 6) is 0.182. The molecule has 0 unspecified atom stereocenters. The maximum Gasteiger partial charge on any atom is 0.312 e. The highest BCUT2D eigenvalue weighted by atomic mass is 35.5. The highest BCUT2D eigenvalue weighted by Gasteiger charge is 2.21. The van der Waals surface area contributed by atoms with Gasteiger partial charge in [0.2, 0.25) is 5.75 Å². The van der Waals surface area contributed by atoms with E-state index in [2.05, 4.69) is 0 Å². The lowest BCUT2D eigenvalue weighted by molar-refractivity contribution is -0.385. The fourth-order valence-electron chi connectivity index (χ4n) is 1.76. The molecule has 0 atom stereocenters. The Kier molecular flexibility index (Phi) is 4.39. The van der Waals surface area contributed by atoms with Crippen LogP contribution in [0.25, 0.3) is 0 Å². The number of sulfone groups is 1. The van der Waals surface area contributed by atoms with Crippen LogP contribution in [0.15, 0.2) is 41.3 Å². The second kappa shape index (κ2) is 5.94. The van der Waals surface area contributed by atoms with E-state index in [1.807, 2.05) is 6.92 Å². The summed E-state index contributed by atoms with van der Waals surface area (Å²) in [5.41, 5.74) is 0.426. The predicted octanol–water partition coefficient (Wildman–Crippen LogP) is 3.75. The van der Waals surface area contributed by atoms with Crippen molar-refractivity contribution in [2.45, 2.75) is 11.8 Å². The minimum Gasteiger partial charge on any atom is -0.449 e. The second-order valence-electron chi connectivity index (χ2n) is 4.69. The molecular formula is C14H12ClNO5S. The molecule has 116 valence electrons. The predicted molar refractivity (Wildman–Crippen MR) is 82.5 cm³/mol. The van der Waals surface area contributed by atoms with E-state index >= 15 is 0 Å². The fourth-order valence-corrected chi connectivity index (χ4v) is 2.56. The van der Waals surface area contributed by atoms with Crippen molar-refractivity contribution in [3.8, 4) is 11.5 Å². The van der Waals surface area contributed by atoms with Crippen LogP contribution in [0.1, 0.15) is 5.56 Å². The number of benzene rings is 2. The average Bonchev–Trinajstić information content (AvgIpc) is 2.42. The van der Waals surface area contributed by atoms with Crippen molar-refractivity contribution < 1.29 is 18.1 Å². The molecule has 0 spiro atoms. The van der Waals surface area contributed by atoms with E-state index in [1.165, 1.54) is 12.1 Å². The Bertz CT molecular complexity index is 848. The quantitative estimate of drug-likeness (QED) is 0.624. The lowest BCUT2D eigenvalue weighted by atomic mass is 10.2. The molecule has 0 saturated carbocycles. The number of hydrogen-bond acceptors (Lipinski definition) is 5. The van der Waals surface area contributed by atoms with Gasteiger partial charge in [0, 0.05) is 12.3 Å². The second-order valence-corrected chi connectivity index (χ2v) is 7.12. The SMILES string of the molecule is Cc1ccc(Cl)c(Oc2ccc(S(C)(=O)=O)cc2[N+](=O)[O-])c1. The highest BCUT2D eigenvalue weighted by molar-refractivity contribution is 7.90. The summed E-state index contributed by atoms with van der Waals surface area (Å²) in [7, 11) is -3.55. The summed E-state index contributed by atoms with van der Waals surface area (Å²) in [5, 5.41) is 11.4. The molecule has 0 heterocycles. The first-order valence-corrected chi connectivity index (χ1v) is 8.38. The van der Waals surface area contributed by atoms with Crippen LogP contribution in [0.5, 0.6) is 11.5 Å². The molecule has 2 aromatic rings. The number of nitro benzene ring substituents is 1. The number of aryl methyl sites for hydroxylation is 1. The molecule has 0 N–H and O–H groups in total. The molecule has 6 nitrogen and oxygen atoms in total. The summed E-state index contributed by atoms with van der Waals surface area (Å²) in [6.07, 6.45) is 0.976. The van der Waals surface area contributed by atoms with Crippen LogP contribution in [0, 0.1) is 17.0 Å². The molecule has 22 heavy (non-hydrogen) atoms. The summed E-state index contributed by atoms with van der Waals surface area (Å²) >= 11 is 5.99. The first-order valence-electron chi connectivity index (χ1n) is 6.11. The molecule has 0 bridgehead atoms. The molecule has 0 aromatic heterocycles. The third-order valence-electron chi connectivity index (χ3n) is 2.86. The summed E-state index contributed by atoms with van der Waals surface area (Å²) < 4.78 is 28.5. The zero-order valence-electron chi connectivity index (χ0n) is 11.7. The Morgan fingerprint density at radius 3 is 2.41 bits per heavy atom. The van der Waals surface area contributed by atoms with Gasteiger partial charge in [0.05, 0.1) is 14.8 Å². The van der Waals surface area contributed by atoms with Crippen molar-refractivity contribution in [3.63, 3.8) is 0 Å². The Labute approximate surface area is 132 Å². The standard InChI is InChI=1S/C14H12ClNO5S/c1-9-3-5-11(15)14(7-9)21-13-6-4-10(22(2,19)20)8-12(13)16(17)18/h3-8H,1-2H3. The van der Waals surface area contributed by atoms with Crippen molar-refractivity contribution in [2.24, 2.45) is 0 Å². The van der Waals surface area contributed by atoms with E-state index in [9.17, 15) is 18.5 Å². The van der Waals surface area contributed by atoms with Gasteiger partial charge in [-0.3, -0.25) is 10.1 Å². The van der Waals surface area contributed by atoms with E-state index in [1.54, 1.807) is 18.2 Å². The van der Waals surface area contributed by atoms with Gasteiger partial charge in [-0.05, 0) is 36.8 Å². The van der Waals surface area contributed by atoms with Crippen molar-refractivity contribution in [2.75, 3.05) is 6.26 Å². The third kappa shape index (κ3) is 3.55. The van der Waals surface area contributed by atoms with Gasteiger partial charge in [-0.25, -0.2) is 8.42 Å². The van der Waals surface area contributed by atoms with Gasteiger partial charge >= 0.3 is 5.69 Å². The van der Waals surface area contributed by atoms with Gasteiger partial charge in [-0.15, -0.1) is 0 Å². The number of hydrogen-bond donors (Lipinski definition) is 0. The average molecular weight is 342 g/mol. The molecule has 0 aliphatic heterocycles. The van der Waals surface area contributed by atoms with Gasteiger partial charge in [0.1, 0.15) is 5.75 Å². The molecule has 0 aliphatic rings. The van der Waals surface area contributed by atoms with E-state index in [0.717, 1.165) is 17.9 Å². The van der Waals surface area contributed by atoms with Crippen LogP contribution in [-0.2, 0) is 9.84 Å². The van der Waals surface area contributed by atoms with Crippen LogP contribution in [0.2, 0.25) is 5.02 Å². The van der Waals surface area contributed by atoms with Gasteiger partial charge in [0.25, 0.3) is 0 Å². The minimum absolute atomic E-state index is 0.0788. The molecule has 0 aliphatic carbocycles. The lowest BCUT2D eigenvalue weighted by Gasteiger charge is -2.09. The molecule has 8 heteroatoms. The van der Waals surface area contributed by atoms with Gasteiger partial charge in [0.15, 0.2) is 9.84 Å². The number of halogens is 1. The fraction of sp³-hybridized carbons (Fsp3) is 0.143. The largest absolute Gasteiger partial charge is 0.449 e. The van der Waals surface area contributed by atoms with Crippen molar-refractivity contribution in [1.82, 2.24) is 0 Å². The molecule has 0 fully saturated rings. The third-order valence-corrected chi connectivity index (χ3v) is 4.28. The Balaban J connectivity index is 2.51. The Hall–Kier alpha value is -2.12. The van der Waals surface area contributed by atoms with Crippen LogP contribution in [0.4, 0.5) is 5.69 Å². The molecular weight excluding hydrogens is 330 g/mol. The molecule has 2 aromatic carbocycles. The van der Waals surface area contributed by atoms with Crippen molar-refractivity contribution in [3.05, 3.63) is 57.1 Å². The maximum absolute atomic E-state index is 11.5. The van der Waals surface area contributed by atoms with E-state index in [0.29, 0.717) is 5.02 Å². The van der Waals surface area contributed by atoms with E-state index < -0.39 is 20.4 Å². The van der Waals surface area contributed by atoms with Gasteiger partial charge in [-0.1, -0.05) is 17.7 Å². The van der Waals surface area contributed by atoms with Gasteiger partial charge < -0.3 is 4.74 Å². The topological polar surface area (TPSA) is 86.5 Å². The monoisotopic (exact) mass is 341 g/mol. The summed E-state index contributed by atoms with van der Waals surface area (Å²) in [4.78, 5) is 10.3. The summed E-state index contributed by atoms with van der Waals surface area (Å²) in [6.45, 7) is 1.82. The highest BCUT2D eigenvalue weighted by Crippen LogP contribution is 2.36. The normalized spacial score (nSPS) is 11.2. The zero-order chi connectivity index (χ0) is 16.5. The van der Waals surface area contributed by atoms with E-state index in [-0.39, 0.29) is 16.4 Å². The van der Waals surface area contributed by atoms with Crippen molar-refractivity contribution >= 4 is 27.1 Å². The van der Waals surface area contributed by atoms with Gasteiger partial charge in [-0.2, -0.15) is 0 Å². The molecule has 0 saturated heterocycles. The first kappa shape index (κ1) is 16.3. The maximum atomic E-state index is 11.5. The van der Waals surface area contributed by atoms with E-state index in [4.69, 9.17) is 16.3 Å². The number of ether oxygens (including phenoxy) is 1. The molecule has 2 rings (SSSR count). The van der Waals surface area contributed by atoms with Crippen LogP contribution < -0.4 is 4.74 Å². The zero-order valence-corrected chi connectivity index (χ0v) is 13.3. The lowest BCUT2D eigenvalue weighted by Crippen LogP contribution is -2.00. The molecule has 0 radical (unpaired) electrons. The number of rotatable bonds is 4. The number of nitro groups is 1.